The monoisotopic (exact) mass is 329 g/mol. The predicted molar refractivity (Wildman–Crippen MR) is 23.7 cm³/mol. The largest absolute Gasteiger partial charge is 1.00 e. The molecule has 3 radical (unpaired) electrons. The Hall–Kier alpha value is 5.65. The van der Waals surface area contributed by atoms with E-state index in [9.17, 15) is 0 Å². The van der Waals surface area contributed by atoms with E-state index in [1.165, 1.54) is 0 Å². The maximum Gasteiger partial charge on any atom is 1.00 e. The molecule has 0 amide bonds. The van der Waals surface area contributed by atoms with Crippen molar-refractivity contribution < 1.29 is 22.4 Å². The molecule has 0 unspecified atom stereocenters. The van der Waals surface area contributed by atoms with Crippen molar-refractivity contribution in [2.75, 3.05) is 0 Å². The summed E-state index contributed by atoms with van der Waals surface area (Å²) >= 11 is 0. The molecule has 0 aliphatic heterocycles. The normalized spacial score (nSPS) is 0. The van der Waals surface area contributed by atoms with Crippen molar-refractivity contribution in [1.82, 2.24) is 0 Å². The summed E-state index contributed by atoms with van der Waals surface area (Å²) in [5.74, 6) is 0. The van der Waals surface area contributed by atoms with E-state index in [1.807, 2.05) is 0 Å². The van der Waals surface area contributed by atoms with Gasteiger partial charge < -0.3 is 7.43 Å². The minimum atomic E-state index is 0. The van der Waals surface area contributed by atoms with E-state index in [2.05, 4.69) is 0 Å². The van der Waals surface area contributed by atoms with Gasteiger partial charge in [0.05, 0.1) is 0 Å². The molecule has 0 saturated heterocycles. The van der Waals surface area contributed by atoms with Crippen molar-refractivity contribution in [1.29, 1.82) is 0 Å². The minimum absolute atomic E-state index is 0. The Kier molecular flexibility index (Phi) is 141. The fourth-order valence-electron chi connectivity index (χ4n) is 0. The molecule has 0 aliphatic carbocycles. The van der Waals surface area contributed by atoms with Gasteiger partial charge in [0.1, 0.15) is 0 Å². The second-order valence-electron chi connectivity index (χ2n) is 0. The molecule has 5 heavy (non-hydrogen) atoms. The van der Waals surface area contributed by atoms with Crippen LogP contribution in [0.2, 0.25) is 0 Å². The van der Waals surface area contributed by atoms with Crippen LogP contribution < -0.4 is 0 Å². The summed E-state index contributed by atoms with van der Waals surface area (Å²) in [5.41, 5.74) is 0. The van der Waals surface area contributed by atoms with Crippen molar-refractivity contribution in [2.24, 2.45) is 0 Å². The fourth-order valence-corrected chi connectivity index (χ4v) is 0. The van der Waals surface area contributed by atoms with Crippen LogP contribution in [0.5, 0.6) is 0 Å². The summed E-state index contributed by atoms with van der Waals surface area (Å²) in [4.78, 5) is 0. The van der Waals surface area contributed by atoms with Crippen molar-refractivity contribution in [2.45, 2.75) is 0 Å². The van der Waals surface area contributed by atoms with Gasteiger partial charge in [-0.25, -0.2) is 0 Å². The average molecular weight is 329 g/mol. The molecule has 4 heteroatoms. The predicted octanol–water partition coefficient (Wildman–Crippen LogP) is -0.695. The topological polar surface area (TPSA) is 0 Å². The van der Waals surface area contributed by atoms with E-state index in [1.54, 1.807) is 0 Å². The molecule has 0 aromatic carbocycles. The second kappa shape index (κ2) is 22.6. The summed E-state index contributed by atoms with van der Waals surface area (Å²) in [6.07, 6.45) is 0. The van der Waals surface area contributed by atoms with Crippen LogP contribution in [0.25, 0.3) is 0 Å². The van der Waals surface area contributed by atoms with Crippen LogP contribution >= 0.6 is 0 Å². The SMILES string of the molecule is [Au+].[CH3-].[K].[K].[K]. The second-order valence-corrected chi connectivity index (χ2v) is 0. The summed E-state index contributed by atoms with van der Waals surface area (Å²) in [7, 11) is 0. The first-order valence-corrected chi connectivity index (χ1v) is 0. The molecule has 0 aliphatic rings. The van der Waals surface area contributed by atoms with Gasteiger partial charge in [-0.05, 0) is 0 Å². The molecular formula is CH3AuK3. The van der Waals surface area contributed by atoms with Gasteiger partial charge in [-0.2, -0.15) is 0 Å². The Morgan fingerprint density at radius 1 is 0.600 bits per heavy atom. The van der Waals surface area contributed by atoms with Gasteiger partial charge >= 0.3 is 22.4 Å². The summed E-state index contributed by atoms with van der Waals surface area (Å²) in [5, 5.41) is 0. The molecule has 0 fully saturated rings. The van der Waals surface area contributed by atoms with Crippen molar-refractivity contribution >= 4 is 154 Å². The first-order valence-electron chi connectivity index (χ1n) is 0. The summed E-state index contributed by atoms with van der Waals surface area (Å²) < 4.78 is 0. The number of hydrogen-bond donors (Lipinski definition) is 0. The molecule has 0 aromatic heterocycles. The molecule has 0 rings (SSSR count). The average Bonchev–Trinajstić information content (AvgIpc) is 0. The molecule has 0 bridgehead atoms. The van der Waals surface area contributed by atoms with Crippen LogP contribution in [-0.4, -0.2) is 154 Å². The van der Waals surface area contributed by atoms with Crippen LogP contribution in [0.3, 0.4) is 0 Å². The van der Waals surface area contributed by atoms with Crippen LogP contribution in [0.15, 0.2) is 0 Å². The van der Waals surface area contributed by atoms with Gasteiger partial charge in [0.2, 0.25) is 0 Å². The third-order valence-electron chi connectivity index (χ3n) is 0. The van der Waals surface area contributed by atoms with Crippen LogP contribution in [0.1, 0.15) is 0 Å². The van der Waals surface area contributed by atoms with Gasteiger partial charge in [-0.1, -0.05) is 0 Å². The Bertz CT molecular complexity index is 6.85. The van der Waals surface area contributed by atoms with Gasteiger partial charge in [0, 0.05) is 154 Å². The fraction of sp³-hybridized carbons (Fsp3) is 0. The van der Waals surface area contributed by atoms with Crippen LogP contribution in [0, 0.1) is 7.43 Å². The maximum absolute atomic E-state index is 0. The van der Waals surface area contributed by atoms with Crippen molar-refractivity contribution in [3.8, 4) is 0 Å². The van der Waals surface area contributed by atoms with E-state index in [4.69, 9.17) is 0 Å². The van der Waals surface area contributed by atoms with E-state index < -0.39 is 0 Å². The van der Waals surface area contributed by atoms with E-state index >= 15 is 0 Å². The minimum Gasteiger partial charge on any atom is -0.358 e. The van der Waals surface area contributed by atoms with Crippen LogP contribution in [-0.2, 0) is 22.4 Å². The Morgan fingerprint density at radius 3 is 0.600 bits per heavy atom. The maximum atomic E-state index is 0. The van der Waals surface area contributed by atoms with Crippen molar-refractivity contribution in [3.63, 3.8) is 0 Å². The smallest absolute Gasteiger partial charge is 0.358 e. The molecular weight excluding hydrogens is 326 g/mol. The molecule has 0 heterocycles. The molecule has 0 aromatic rings. The standard InChI is InChI=1S/CH3.Au.3K/h1H3;;;;/q-1;+1;;;. The molecule has 0 N–H and O–H groups in total. The quantitative estimate of drug-likeness (QED) is 0.408. The van der Waals surface area contributed by atoms with E-state index in [-0.39, 0.29) is 184 Å². The number of hydrogen-bond acceptors (Lipinski definition) is 0. The van der Waals surface area contributed by atoms with Gasteiger partial charge in [0.25, 0.3) is 0 Å². The van der Waals surface area contributed by atoms with Crippen LogP contribution in [0.4, 0.5) is 0 Å². The Morgan fingerprint density at radius 2 is 0.600 bits per heavy atom. The Balaban J connectivity index is 0. The molecule has 0 nitrogen and oxygen atoms in total. The van der Waals surface area contributed by atoms with E-state index in [0.29, 0.717) is 0 Å². The third kappa shape index (κ3) is 17.7. The molecule has 0 spiro atoms. The van der Waals surface area contributed by atoms with Gasteiger partial charge in [-0.15, -0.1) is 0 Å². The molecule has 21 valence electrons. The summed E-state index contributed by atoms with van der Waals surface area (Å²) in [6.45, 7) is 0. The van der Waals surface area contributed by atoms with Gasteiger partial charge in [0.15, 0.2) is 0 Å². The summed E-state index contributed by atoms with van der Waals surface area (Å²) in [6, 6.07) is 0. The zero-order valence-electron chi connectivity index (χ0n) is 4.30. The zero-order valence-corrected chi connectivity index (χ0v) is 15.8. The van der Waals surface area contributed by atoms with Gasteiger partial charge in [-0.3, -0.25) is 0 Å². The number of rotatable bonds is 0. The first-order chi connectivity index (χ1) is 0. The molecule has 0 atom stereocenters. The first kappa shape index (κ1) is 31.1. The molecule has 0 saturated carbocycles. The zero-order chi connectivity index (χ0) is 0. The van der Waals surface area contributed by atoms with E-state index in [0.717, 1.165) is 0 Å². The third-order valence-corrected chi connectivity index (χ3v) is 0. The van der Waals surface area contributed by atoms with Crippen molar-refractivity contribution in [3.05, 3.63) is 7.43 Å². The Labute approximate surface area is 177 Å².